The number of hydrogen-bond acceptors (Lipinski definition) is 6. The Hall–Kier alpha value is -2.70. The van der Waals surface area contributed by atoms with Crippen LogP contribution < -0.4 is 9.47 Å². The molecular formula is C19H14Cl2O6. The molecule has 6 nitrogen and oxygen atoms in total. The second-order valence-corrected chi connectivity index (χ2v) is 6.22. The molecule has 8 heteroatoms. The van der Waals surface area contributed by atoms with Crippen molar-refractivity contribution in [3.05, 3.63) is 56.6 Å². The van der Waals surface area contributed by atoms with Crippen LogP contribution in [0, 0.1) is 0 Å². The summed E-state index contributed by atoms with van der Waals surface area (Å²) in [5, 5.41) is 0.501. The Kier molecular flexibility index (Phi) is 7.52. The van der Waals surface area contributed by atoms with Gasteiger partial charge in [-0.25, -0.2) is 0 Å². The van der Waals surface area contributed by atoms with Crippen LogP contribution in [0.4, 0.5) is 0 Å². The molecule has 0 saturated heterocycles. The first kappa shape index (κ1) is 20.6. The minimum atomic E-state index is 0.129. The van der Waals surface area contributed by atoms with Gasteiger partial charge in [-0.1, -0.05) is 23.2 Å². The zero-order chi connectivity index (χ0) is 19.8. The van der Waals surface area contributed by atoms with Crippen molar-refractivity contribution in [3.8, 4) is 11.5 Å². The number of halogens is 2. The number of hydrogen-bond donors (Lipinski definition) is 0. The summed E-state index contributed by atoms with van der Waals surface area (Å²) in [5.74, 6) is 0.274. The molecule has 2 rings (SSSR count). The van der Waals surface area contributed by atoms with Gasteiger partial charge in [0, 0.05) is 16.5 Å². The van der Waals surface area contributed by atoms with Gasteiger partial charge in [0.05, 0.1) is 35.5 Å². The average molecular weight is 409 g/mol. The van der Waals surface area contributed by atoms with Crippen molar-refractivity contribution in [2.24, 2.45) is 0 Å². The Morgan fingerprint density at radius 2 is 0.926 bits per heavy atom. The third-order valence-corrected chi connectivity index (χ3v) is 3.95. The fourth-order valence-electron chi connectivity index (χ4n) is 2.36. The van der Waals surface area contributed by atoms with Crippen LogP contribution in [-0.4, -0.2) is 38.4 Å². The van der Waals surface area contributed by atoms with Crippen LogP contribution in [-0.2, 0) is 0 Å². The molecule has 0 atom stereocenters. The molecule has 0 heterocycles. The fourth-order valence-corrected chi connectivity index (χ4v) is 2.83. The van der Waals surface area contributed by atoms with Crippen LogP contribution in [0.1, 0.15) is 47.9 Å². The number of aldehydes is 4. The first-order valence-electron chi connectivity index (χ1n) is 7.77. The van der Waals surface area contributed by atoms with E-state index in [-0.39, 0.29) is 57.0 Å². The fraction of sp³-hybridized carbons (Fsp3) is 0.158. The van der Waals surface area contributed by atoms with Crippen molar-refractivity contribution < 1.29 is 28.7 Å². The number of carbonyl (C=O) groups excluding carboxylic acids is 4. The molecule has 0 N–H and O–H groups in total. The number of carbonyl (C=O) groups is 4. The summed E-state index contributed by atoms with van der Waals surface area (Å²) in [6, 6.07) is 5.59. The van der Waals surface area contributed by atoms with Gasteiger partial charge in [0.15, 0.2) is 25.1 Å². The van der Waals surface area contributed by atoms with Gasteiger partial charge in [0.2, 0.25) is 0 Å². The normalized spacial score (nSPS) is 10.1. The molecule has 0 aliphatic heterocycles. The molecule has 0 aromatic heterocycles. The van der Waals surface area contributed by atoms with Crippen molar-refractivity contribution in [2.75, 3.05) is 13.2 Å². The molecular weight excluding hydrogens is 395 g/mol. The van der Waals surface area contributed by atoms with Crippen LogP contribution in [0.5, 0.6) is 11.5 Å². The molecule has 0 saturated carbocycles. The van der Waals surface area contributed by atoms with Crippen molar-refractivity contribution in [3.63, 3.8) is 0 Å². The van der Waals surface area contributed by atoms with Gasteiger partial charge in [-0.2, -0.15) is 0 Å². The third kappa shape index (κ3) is 5.15. The molecule has 2 aromatic carbocycles. The van der Waals surface area contributed by atoms with E-state index in [1.807, 2.05) is 0 Å². The van der Waals surface area contributed by atoms with E-state index in [1.54, 1.807) is 0 Å². The van der Waals surface area contributed by atoms with Crippen molar-refractivity contribution in [2.45, 2.75) is 6.42 Å². The molecule has 0 fully saturated rings. The summed E-state index contributed by atoms with van der Waals surface area (Å²) in [7, 11) is 0. The SMILES string of the molecule is O=Cc1cc(Cl)cc(C=O)c1OCCCOc1c(C=O)cc(Cl)cc1C=O. The zero-order valence-electron chi connectivity index (χ0n) is 13.9. The van der Waals surface area contributed by atoms with Gasteiger partial charge in [0.25, 0.3) is 0 Å². The van der Waals surface area contributed by atoms with Gasteiger partial charge in [-0.3, -0.25) is 19.2 Å². The highest BCUT2D eigenvalue weighted by atomic mass is 35.5. The predicted molar refractivity (Wildman–Crippen MR) is 100 cm³/mol. The lowest BCUT2D eigenvalue weighted by atomic mass is 10.1. The largest absolute Gasteiger partial charge is 0.492 e. The van der Waals surface area contributed by atoms with Crippen LogP contribution in [0.2, 0.25) is 10.0 Å². The van der Waals surface area contributed by atoms with E-state index in [4.69, 9.17) is 32.7 Å². The minimum absolute atomic E-state index is 0.129. The van der Waals surface area contributed by atoms with Gasteiger partial charge in [-0.15, -0.1) is 0 Å². The summed E-state index contributed by atoms with van der Waals surface area (Å²) < 4.78 is 11.0. The Morgan fingerprint density at radius 1 is 0.630 bits per heavy atom. The minimum Gasteiger partial charge on any atom is -0.492 e. The topological polar surface area (TPSA) is 86.7 Å². The van der Waals surface area contributed by atoms with E-state index in [1.165, 1.54) is 24.3 Å². The summed E-state index contributed by atoms with van der Waals surface area (Å²) in [6.45, 7) is 0.257. The number of rotatable bonds is 10. The molecule has 0 spiro atoms. The smallest absolute Gasteiger partial charge is 0.153 e. The van der Waals surface area contributed by atoms with Gasteiger partial charge >= 0.3 is 0 Å². The Balaban J connectivity index is 2.02. The third-order valence-electron chi connectivity index (χ3n) is 3.51. The molecule has 0 bridgehead atoms. The first-order valence-corrected chi connectivity index (χ1v) is 8.53. The van der Waals surface area contributed by atoms with E-state index in [0.29, 0.717) is 31.6 Å². The quantitative estimate of drug-likeness (QED) is 0.434. The maximum atomic E-state index is 11.1. The molecule has 140 valence electrons. The monoisotopic (exact) mass is 408 g/mol. The lowest BCUT2D eigenvalue weighted by Crippen LogP contribution is -2.09. The second-order valence-electron chi connectivity index (χ2n) is 5.35. The van der Waals surface area contributed by atoms with E-state index in [2.05, 4.69) is 0 Å². The van der Waals surface area contributed by atoms with Gasteiger partial charge in [0.1, 0.15) is 11.5 Å². The maximum absolute atomic E-state index is 11.1. The standard InChI is InChI=1S/C19H14Cl2O6/c20-16-4-12(8-22)18(13(5-16)9-23)26-2-1-3-27-19-14(10-24)6-17(21)7-15(19)11-25/h4-11H,1-3H2. The molecule has 27 heavy (non-hydrogen) atoms. The highest BCUT2D eigenvalue weighted by molar-refractivity contribution is 6.31. The maximum Gasteiger partial charge on any atom is 0.153 e. The molecule has 0 amide bonds. The van der Waals surface area contributed by atoms with E-state index in [9.17, 15) is 19.2 Å². The number of ether oxygens (including phenoxy) is 2. The zero-order valence-corrected chi connectivity index (χ0v) is 15.5. The van der Waals surface area contributed by atoms with Crippen molar-refractivity contribution in [1.82, 2.24) is 0 Å². The summed E-state index contributed by atoms with van der Waals surface area (Å²) in [4.78, 5) is 44.5. The van der Waals surface area contributed by atoms with Crippen LogP contribution >= 0.6 is 23.2 Å². The lowest BCUT2D eigenvalue weighted by Gasteiger charge is -2.13. The van der Waals surface area contributed by atoms with E-state index in [0.717, 1.165) is 0 Å². The van der Waals surface area contributed by atoms with E-state index < -0.39 is 0 Å². The molecule has 0 aliphatic rings. The Labute approximate surface area is 165 Å². The van der Waals surface area contributed by atoms with Crippen LogP contribution in [0.15, 0.2) is 24.3 Å². The van der Waals surface area contributed by atoms with Crippen LogP contribution in [0.25, 0.3) is 0 Å². The first-order chi connectivity index (χ1) is 13.0. The molecule has 0 radical (unpaired) electrons. The summed E-state index contributed by atoms with van der Waals surface area (Å²) >= 11 is 11.7. The Morgan fingerprint density at radius 3 is 1.19 bits per heavy atom. The van der Waals surface area contributed by atoms with Gasteiger partial charge in [-0.05, 0) is 24.3 Å². The van der Waals surface area contributed by atoms with E-state index >= 15 is 0 Å². The predicted octanol–water partition coefficient (Wildman–Crippen LogP) is 4.09. The van der Waals surface area contributed by atoms with Crippen molar-refractivity contribution in [1.29, 1.82) is 0 Å². The summed E-state index contributed by atoms with van der Waals surface area (Å²) in [6.07, 6.45) is 2.55. The molecule has 2 aromatic rings. The molecule has 0 unspecified atom stereocenters. The summed E-state index contributed by atoms with van der Waals surface area (Å²) in [5.41, 5.74) is 0.647. The lowest BCUT2D eigenvalue weighted by molar-refractivity contribution is 0.110. The highest BCUT2D eigenvalue weighted by Crippen LogP contribution is 2.27. The van der Waals surface area contributed by atoms with Gasteiger partial charge < -0.3 is 9.47 Å². The highest BCUT2D eigenvalue weighted by Gasteiger charge is 2.13. The second kappa shape index (κ2) is 9.85. The Bertz CT molecular complexity index is 749. The average Bonchev–Trinajstić information content (AvgIpc) is 2.68. The van der Waals surface area contributed by atoms with Crippen LogP contribution in [0.3, 0.4) is 0 Å². The van der Waals surface area contributed by atoms with Crippen molar-refractivity contribution >= 4 is 48.3 Å². The number of benzene rings is 2. The molecule has 0 aliphatic carbocycles.